The zero-order chi connectivity index (χ0) is 17.5. The molecule has 0 aliphatic heterocycles. The maximum absolute atomic E-state index is 3.73. The SMILES string of the molecule is Cc1cccc2c1[nH]c1ccccc1c1ccccc1c1ccccc21. The Morgan fingerprint density at radius 1 is 0.462 bits per heavy atom. The van der Waals surface area contributed by atoms with Crippen molar-refractivity contribution in [2.45, 2.75) is 6.92 Å². The van der Waals surface area contributed by atoms with Crippen molar-refractivity contribution in [2.75, 3.05) is 0 Å². The number of H-pyrrole nitrogens is 1. The summed E-state index contributed by atoms with van der Waals surface area (Å²) < 4.78 is 0. The molecule has 0 atom stereocenters. The van der Waals surface area contributed by atoms with E-state index in [-0.39, 0.29) is 0 Å². The second kappa shape index (κ2) is 5.89. The zero-order valence-electron chi connectivity index (χ0n) is 14.7. The van der Waals surface area contributed by atoms with E-state index in [0.29, 0.717) is 0 Å². The summed E-state index contributed by atoms with van der Waals surface area (Å²) in [6.45, 7) is 2.17. The predicted molar refractivity (Wildman–Crippen MR) is 113 cm³/mol. The van der Waals surface area contributed by atoms with Gasteiger partial charge in [0.15, 0.2) is 0 Å². The zero-order valence-corrected chi connectivity index (χ0v) is 14.7. The molecule has 5 aromatic rings. The molecular formula is C25H19N. The highest BCUT2D eigenvalue weighted by Crippen LogP contribution is 2.31. The summed E-state index contributed by atoms with van der Waals surface area (Å²) in [6.07, 6.45) is 0. The van der Waals surface area contributed by atoms with Crippen LogP contribution in [0.15, 0.2) is 91.0 Å². The average molecular weight is 333 g/mol. The normalized spacial score (nSPS) is 11.3. The smallest absolute Gasteiger partial charge is 0.0494 e. The quantitative estimate of drug-likeness (QED) is 0.312. The Labute approximate surface area is 152 Å². The molecule has 1 nitrogen and oxygen atoms in total. The first-order valence-electron chi connectivity index (χ1n) is 8.98. The average Bonchev–Trinajstić information content (AvgIpc) is 2.74. The third-order valence-corrected chi connectivity index (χ3v) is 5.18. The molecule has 1 aromatic heterocycles. The van der Waals surface area contributed by atoms with Crippen molar-refractivity contribution in [3.8, 4) is 0 Å². The molecule has 124 valence electrons. The van der Waals surface area contributed by atoms with Crippen LogP contribution in [0.4, 0.5) is 0 Å². The largest absolute Gasteiger partial charge is 0.354 e. The molecule has 1 N–H and O–H groups in total. The summed E-state index contributed by atoms with van der Waals surface area (Å²) in [5.41, 5.74) is 3.57. The second-order valence-corrected chi connectivity index (χ2v) is 6.76. The first-order valence-corrected chi connectivity index (χ1v) is 8.98. The molecule has 0 saturated heterocycles. The minimum Gasteiger partial charge on any atom is -0.354 e. The van der Waals surface area contributed by atoms with E-state index in [9.17, 15) is 0 Å². The van der Waals surface area contributed by atoms with Crippen LogP contribution < -0.4 is 0 Å². The van der Waals surface area contributed by atoms with Crippen molar-refractivity contribution in [1.29, 1.82) is 0 Å². The molecule has 0 unspecified atom stereocenters. The Morgan fingerprint density at radius 3 is 1.58 bits per heavy atom. The second-order valence-electron chi connectivity index (χ2n) is 6.76. The van der Waals surface area contributed by atoms with Gasteiger partial charge < -0.3 is 4.98 Å². The lowest BCUT2D eigenvalue weighted by atomic mass is 10.0. The van der Waals surface area contributed by atoms with Crippen LogP contribution in [-0.2, 0) is 0 Å². The first kappa shape index (κ1) is 15.0. The van der Waals surface area contributed by atoms with E-state index in [1.807, 2.05) is 0 Å². The van der Waals surface area contributed by atoms with E-state index in [0.717, 1.165) is 5.52 Å². The van der Waals surface area contributed by atoms with E-state index in [2.05, 4.69) is 103 Å². The Balaban J connectivity index is 2.28. The van der Waals surface area contributed by atoms with Gasteiger partial charge in [0.2, 0.25) is 0 Å². The van der Waals surface area contributed by atoms with Gasteiger partial charge >= 0.3 is 0 Å². The predicted octanol–water partition coefficient (Wildman–Crippen LogP) is 7.06. The monoisotopic (exact) mass is 333 g/mol. The Kier molecular flexibility index (Phi) is 3.39. The standard InChI is InChI=1S/C25H19N/c1-17-9-8-15-23-21-13-5-3-11-19(21)18-10-2-4-12-20(18)22-14-6-7-16-24(22)26-25(17)23/h2-16,26H,1H3. The van der Waals surface area contributed by atoms with Gasteiger partial charge in [-0.2, -0.15) is 0 Å². The van der Waals surface area contributed by atoms with Gasteiger partial charge in [-0.3, -0.25) is 0 Å². The first-order chi connectivity index (χ1) is 12.8. The minimum atomic E-state index is 1.14. The van der Waals surface area contributed by atoms with Gasteiger partial charge in [-0.05, 0) is 40.1 Å². The number of para-hydroxylation sites is 2. The van der Waals surface area contributed by atoms with E-state index >= 15 is 0 Å². The highest BCUT2D eigenvalue weighted by atomic mass is 14.7. The number of hydrogen-bond acceptors (Lipinski definition) is 0. The number of aryl methyl sites for hydroxylation is 1. The molecule has 1 heterocycles. The fourth-order valence-corrected chi connectivity index (χ4v) is 3.93. The molecule has 5 rings (SSSR count). The van der Waals surface area contributed by atoms with Gasteiger partial charge in [-0.25, -0.2) is 0 Å². The minimum absolute atomic E-state index is 1.14. The molecule has 0 saturated carbocycles. The van der Waals surface area contributed by atoms with Gasteiger partial charge in [0.05, 0.1) is 0 Å². The fourth-order valence-electron chi connectivity index (χ4n) is 3.93. The van der Waals surface area contributed by atoms with E-state index in [4.69, 9.17) is 0 Å². The van der Waals surface area contributed by atoms with Crippen LogP contribution in [0.5, 0.6) is 0 Å². The molecule has 4 aromatic carbocycles. The number of rotatable bonds is 0. The number of benzene rings is 4. The lowest BCUT2D eigenvalue weighted by molar-refractivity contribution is 1.44. The Hall–Kier alpha value is -3.32. The van der Waals surface area contributed by atoms with Crippen molar-refractivity contribution in [1.82, 2.24) is 4.98 Å². The molecule has 26 heavy (non-hydrogen) atoms. The van der Waals surface area contributed by atoms with E-state index in [1.165, 1.54) is 43.4 Å². The van der Waals surface area contributed by atoms with Crippen molar-refractivity contribution in [3.63, 3.8) is 0 Å². The van der Waals surface area contributed by atoms with Crippen molar-refractivity contribution in [3.05, 3.63) is 96.6 Å². The molecule has 0 spiro atoms. The summed E-state index contributed by atoms with van der Waals surface area (Å²) in [6, 6.07) is 32.5. The molecule has 0 radical (unpaired) electrons. The van der Waals surface area contributed by atoms with Crippen LogP contribution in [0.1, 0.15) is 5.56 Å². The van der Waals surface area contributed by atoms with Crippen LogP contribution in [0, 0.1) is 6.92 Å². The van der Waals surface area contributed by atoms with E-state index < -0.39 is 0 Å². The summed E-state index contributed by atoms with van der Waals surface area (Å²) in [5, 5.41) is 7.54. The molecule has 0 fully saturated rings. The summed E-state index contributed by atoms with van der Waals surface area (Å²) in [5.74, 6) is 0. The van der Waals surface area contributed by atoms with Crippen LogP contribution in [0.2, 0.25) is 0 Å². The number of hydrogen-bond donors (Lipinski definition) is 1. The van der Waals surface area contributed by atoms with Gasteiger partial charge in [-0.1, -0.05) is 84.9 Å². The van der Waals surface area contributed by atoms with Crippen molar-refractivity contribution in [2.24, 2.45) is 0 Å². The summed E-state index contributed by atoms with van der Waals surface area (Å²) in [4.78, 5) is 3.73. The van der Waals surface area contributed by atoms with Crippen LogP contribution >= 0.6 is 0 Å². The molecule has 0 bridgehead atoms. The topological polar surface area (TPSA) is 15.8 Å². The van der Waals surface area contributed by atoms with Crippen molar-refractivity contribution >= 4 is 43.4 Å². The van der Waals surface area contributed by atoms with E-state index in [1.54, 1.807) is 0 Å². The number of aromatic nitrogens is 1. The van der Waals surface area contributed by atoms with Crippen LogP contribution in [0.3, 0.4) is 0 Å². The Bertz CT molecular complexity index is 1340. The van der Waals surface area contributed by atoms with Gasteiger partial charge in [0.25, 0.3) is 0 Å². The van der Waals surface area contributed by atoms with Gasteiger partial charge in [0.1, 0.15) is 0 Å². The molecular weight excluding hydrogens is 314 g/mol. The highest BCUT2D eigenvalue weighted by molar-refractivity contribution is 6.19. The third-order valence-electron chi connectivity index (χ3n) is 5.18. The molecule has 0 aliphatic carbocycles. The maximum atomic E-state index is 3.73. The van der Waals surface area contributed by atoms with Crippen molar-refractivity contribution < 1.29 is 0 Å². The summed E-state index contributed by atoms with van der Waals surface area (Å²) in [7, 11) is 0. The maximum Gasteiger partial charge on any atom is 0.0494 e. The van der Waals surface area contributed by atoms with Gasteiger partial charge in [0, 0.05) is 21.8 Å². The van der Waals surface area contributed by atoms with Gasteiger partial charge in [-0.15, -0.1) is 0 Å². The number of fused-ring (bicyclic) bond motifs is 7. The van der Waals surface area contributed by atoms with Crippen LogP contribution in [-0.4, -0.2) is 4.98 Å². The fraction of sp³-hybridized carbons (Fsp3) is 0.0400. The lowest BCUT2D eigenvalue weighted by Crippen LogP contribution is -1.81. The lowest BCUT2D eigenvalue weighted by Gasteiger charge is -2.03. The Morgan fingerprint density at radius 2 is 0.923 bits per heavy atom. The molecule has 0 aliphatic rings. The molecule has 0 amide bonds. The summed E-state index contributed by atoms with van der Waals surface area (Å²) >= 11 is 0. The molecule has 1 heteroatoms. The number of aromatic amines is 1. The number of nitrogens with one attached hydrogen (secondary N) is 1. The highest BCUT2D eigenvalue weighted by Gasteiger charge is 2.05. The van der Waals surface area contributed by atoms with Crippen LogP contribution in [0.25, 0.3) is 43.4 Å². The third kappa shape index (κ3) is 2.25.